The van der Waals surface area contributed by atoms with E-state index < -0.39 is 0 Å². The fourth-order valence-corrected chi connectivity index (χ4v) is 2.89. The summed E-state index contributed by atoms with van der Waals surface area (Å²) in [6, 6.07) is 11.9. The summed E-state index contributed by atoms with van der Waals surface area (Å²) in [6.07, 6.45) is 6.11. The summed E-state index contributed by atoms with van der Waals surface area (Å²) in [5, 5.41) is 6.63. The summed E-state index contributed by atoms with van der Waals surface area (Å²) in [7, 11) is 5.04. The Hall–Kier alpha value is -3.33. The molecule has 6 nitrogen and oxygen atoms in total. The average molecular weight is 396 g/mol. The molecule has 2 N–H and O–H groups in total. The molecule has 29 heavy (non-hydrogen) atoms. The Kier molecular flexibility index (Phi) is 8.71. The molecule has 0 saturated carbocycles. The van der Waals surface area contributed by atoms with Crippen molar-refractivity contribution in [2.75, 3.05) is 34.4 Å². The Morgan fingerprint density at radius 2 is 1.79 bits per heavy atom. The molecular weight excluding hydrogens is 366 g/mol. The number of hydrogen-bond donors (Lipinski definition) is 2. The van der Waals surface area contributed by atoms with Gasteiger partial charge in [0.1, 0.15) is 12.4 Å². The van der Waals surface area contributed by atoms with E-state index in [0.717, 1.165) is 30.2 Å². The first kappa shape index (κ1) is 22.0. The third-order valence-corrected chi connectivity index (χ3v) is 4.35. The number of terminal acetylenes is 1. The quantitative estimate of drug-likeness (QED) is 0.388. The van der Waals surface area contributed by atoms with E-state index in [9.17, 15) is 0 Å². The maximum Gasteiger partial charge on any atom is 0.191 e. The van der Waals surface area contributed by atoms with Crippen molar-refractivity contribution in [3.63, 3.8) is 0 Å². The number of nitrogens with zero attached hydrogens (tertiary/aromatic N) is 1. The first-order valence-electron chi connectivity index (χ1n) is 9.42. The van der Waals surface area contributed by atoms with Gasteiger partial charge in [-0.1, -0.05) is 29.7 Å². The molecule has 0 amide bonds. The molecule has 0 aliphatic rings. The van der Waals surface area contributed by atoms with Gasteiger partial charge in [0.25, 0.3) is 0 Å². The van der Waals surface area contributed by atoms with Crippen molar-refractivity contribution in [1.82, 2.24) is 10.6 Å². The lowest BCUT2D eigenvalue weighted by Gasteiger charge is -2.15. The largest absolute Gasteiger partial charge is 0.496 e. The van der Waals surface area contributed by atoms with Crippen molar-refractivity contribution >= 4 is 5.96 Å². The number of guanidine groups is 1. The molecule has 2 rings (SSSR count). The van der Waals surface area contributed by atoms with Crippen LogP contribution >= 0.6 is 0 Å². The minimum Gasteiger partial charge on any atom is -0.496 e. The predicted molar refractivity (Wildman–Crippen MR) is 117 cm³/mol. The number of benzene rings is 2. The molecule has 0 radical (unpaired) electrons. The molecular formula is C23H29N3O3. The molecule has 0 spiro atoms. The van der Waals surface area contributed by atoms with Gasteiger partial charge < -0.3 is 24.8 Å². The Labute approximate surface area is 173 Å². The molecule has 0 unspecified atom stereocenters. The fourth-order valence-electron chi connectivity index (χ4n) is 2.89. The Balaban J connectivity index is 1.91. The zero-order valence-electron chi connectivity index (χ0n) is 17.5. The summed E-state index contributed by atoms with van der Waals surface area (Å²) in [5.74, 6) is 5.36. The van der Waals surface area contributed by atoms with E-state index in [-0.39, 0.29) is 6.61 Å². The Bertz CT molecular complexity index is 872. The monoisotopic (exact) mass is 395 g/mol. The number of hydrogen-bond acceptors (Lipinski definition) is 4. The first-order chi connectivity index (χ1) is 14.1. The van der Waals surface area contributed by atoms with Gasteiger partial charge in [0.05, 0.1) is 14.2 Å². The second kappa shape index (κ2) is 11.5. The lowest BCUT2D eigenvalue weighted by Crippen LogP contribution is -2.37. The highest BCUT2D eigenvalue weighted by molar-refractivity contribution is 5.79. The third kappa shape index (κ3) is 6.65. The van der Waals surface area contributed by atoms with Gasteiger partial charge in [0.2, 0.25) is 0 Å². The molecule has 0 heterocycles. The summed E-state index contributed by atoms with van der Waals surface area (Å²) in [5.41, 5.74) is 3.41. The van der Waals surface area contributed by atoms with Crippen molar-refractivity contribution in [3.8, 4) is 29.6 Å². The summed E-state index contributed by atoms with van der Waals surface area (Å²) >= 11 is 0. The molecule has 2 aromatic carbocycles. The van der Waals surface area contributed by atoms with Crippen molar-refractivity contribution < 1.29 is 14.2 Å². The number of aryl methyl sites for hydroxylation is 1. The fraction of sp³-hybridized carbons (Fsp3) is 0.348. The molecule has 0 saturated heterocycles. The van der Waals surface area contributed by atoms with Gasteiger partial charge in [0.15, 0.2) is 17.5 Å². The highest BCUT2D eigenvalue weighted by atomic mass is 16.5. The molecule has 6 heteroatoms. The molecule has 0 bridgehead atoms. The van der Waals surface area contributed by atoms with Crippen molar-refractivity contribution in [3.05, 3.63) is 53.1 Å². The lowest BCUT2D eigenvalue weighted by molar-refractivity contribution is 0.330. The van der Waals surface area contributed by atoms with Crippen LogP contribution < -0.4 is 24.8 Å². The SMILES string of the molecule is C#CCOc1cc(CNC(=NC)NCCc2cc(C)ccc2OC)ccc1OC. The van der Waals surface area contributed by atoms with Crippen LogP contribution in [0.3, 0.4) is 0 Å². The normalized spacial score (nSPS) is 10.8. The second-order valence-electron chi connectivity index (χ2n) is 6.40. The van der Waals surface area contributed by atoms with E-state index in [1.54, 1.807) is 21.3 Å². The van der Waals surface area contributed by atoms with E-state index in [4.69, 9.17) is 20.6 Å². The van der Waals surface area contributed by atoms with Gasteiger partial charge in [0, 0.05) is 20.1 Å². The minimum absolute atomic E-state index is 0.193. The summed E-state index contributed by atoms with van der Waals surface area (Å²) < 4.78 is 16.3. The predicted octanol–water partition coefficient (Wildman–Crippen LogP) is 2.93. The standard InChI is InChI=1S/C23H29N3O3/c1-6-13-29-22-15-18(8-10-21(22)28-5)16-26-23(24-3)25-12-11-19-14-17(2)7-9-20(19)27-4/h1,7-10,14-15H,11-13,16H2,2-5H3,(H2,24,25,26). The zero-order chi connectivity index (χ0) is 21.1. The topological polar surface area (TPSA) is 64.1 Å². The average Bonchev–Trinajstić information content (AvgIpc) is 2.74. The van der Waals surface area contributed by atoms with E-state index in [2.05, 4.69) is 34.5 Å². The molecule has 0 atom stereocenters. The lowest BCUT2D eigenvalue weighted by atomic mass is 10.1. The molecule has 2 aromatic rings. The van der Waals surface area contributed by atoms with Crippen LogP contribution in [0.15, 0.2) is 41.4 Å². The van der Waals surface area contributed by atoms with Crippen molar-refractivity contribution in [2.45, 2.75) is 19.9 Å². The highest BCUT2D eigenvalue weighted by Crippen LogP contribution is 2.28. The van der Waals surface area contributed by atoms with Crippen LogP contribution in [0.4, 0.5) is 0 Å². The molecule has 0 aromatic heterocycles. The smallest absolute Gasteiger partial charge is 0.191 e. The molecule has 154 valence electrons. The minimum atomic E-state index is 0.193. The van der Waals surface area contributed by atoms with Crippen LogP contribution in [-0.4, -0.2) is 40.4 Å². The third-order valence-electron chi connectivity index (χ3n) is 4.35. The second-order valence-corrected chi connectivity index (χ2v) is 6.40. The summed E-state index contributed by atoms with van der Waals surface area (Å²) in [6.45, 7) is 3.59. The van der Waals surface area contributed by atoms with Gasteiger partial charge in [-0.3, -0.25) is 4.99 Å². The van der Waals surface area contributed by atoms with E-state index in [0.29, 0.717) is 18.0 Å². The number of methoxy groups -OCH3 is 2. The van der Waals surface area contributed by atoms with Crippen molar-refractivity contribution in [2.24, 2.45) is 4.99 Å². The molecule has 0 aliphatic heterocycles. The number of rotatable bonds is 9. The zero-order valence-corrected chi connectivity index (χ0v) is 17.5. The van der Waals surface area contributed by atoms with E-state index in [1.807, 2.05) is 30.3 Å². The molecule has 0 fully saturated rings. The Morgan fingerprint density at radius 1 is 1.03 bits per heavy atom. The maximum absolute atomic E-state index is 5.55. The van der Waals surface area contributed by atoms with Gasteiger partial charge >= 0.3 is 0 Å². The van der Waals surface area contributed by atoms with Crippen LogP contribution in [0.1, 0.15) is 16.7 Å². The van der Waals surface area contributed by atoms with Gasteiger partial charge in [-0.05, 0) is 42.7 Å². The van der Waals surface area contributed by atoms with Gasteiger partial charge in [-0.15, -0.1) is 6.42 Å². The van der Waals surface area contributed by atoms with E-state index >= 15 is 0 Å². The van der Waals surface area contributed by atoms with Crippen LogP contribution in [-0.2, 0) is 13.0 Å². The van der Waals surface area contributed by atoms with Crippen LogP contribution in [0.25, 0.3) is 0 Å². The highest BCUT2D eigenvalue weighted by Gasteiger charge is 2.07. The maximum atomic E-state index is 5.55. The van der Waals surface area contributed by atoms with Gasteiger partial charge in [-0.2, -0.15) is 0 Å². The van der Waals surface area contributed by atoms with E-state index in [1.165, 1.54) is 11.1 Å². The van der Waals surface area contributed by atoms with Crippen LogP contribution in [0.5, 0.6) is 17.2 Å². The van der Waals surface area contributed by atoms with Crippen LogP contribution in [0, 0.1) is 19.3 Å². The molecule has 0 aliphatic carbocycles. The van der Waals surface area contributed by atoms with Gasteiger partial charge in [-0.25, -0.2) is 0 Å². The first-order valence-corrected chi connectivity index (χ1v) is 9.42. The number of aliphatic imine (C=N–C) groups is 1. The Morgan fingerprint density at radius 3 is 2.48 bits per heavy atom. The number of ether oxygens (including phenoxy) is 3. The summed E-state index contributed by atoms with van der Waals surface area (Å²) in [4.78, 5) is 4.28. The number of nitrogens with one attached hydrogen (secondary N) is 2. The van der Waals surface area contributed by atoms with Crippen molar-refractivity contribution in [1.29, 1.82) is 0 Å². The van der Waals surface area contributed by atoms with Crippen LogP contribution in [0.2, 0.25) is 0 Å².